The molecule has 112 valence electrons. The summed E-state index contributed by atoms with van der Waals surface area (Å²) in [5.41, 5.74) is 1.90. The Kier molecular flexibility index (Phi) is 4.78. The fourth-order valence-electron chi connectivity index (χ4n) is 2.46. The molecule has 3 nitrogen and oxygen atoms in total. The van der Waals surface area contributed by atoms with Gasteiger partial charge in [0.25, 0.3) is 0 Å². The second-order valence-corrected chi connectivity index (χ2v) is 6.66. The molecule has 0 atom stereocenters. The van der Waals surface area contributed by atoms with Gasteiger partial charge in [0.1, 0.15) is 0 Å². The van der Waals surface area contributed by atoms with Crippen LogP contribution < -0.4 is 0 Å². The average Bonchev–Trinajstić information content (AvgIpc) is 2.59. The summed E-state index contributed by atoms with van der Waals surface area (Å²) in [7, 11) is -0.269. The Bertz CT molecular complexity index is 386. The van der Waals surface area contributed by atoms with Crippen LogP contribution in [0.3, 0.4) is 0 Å². The van der Waals surface area contributed by atoms with Crippen LogP contribution >= 0.6 is 0 Å². The Labute approximate surface area is 123 Å². The zero-order valence-electron chi connectivity index (χ0n) is 13.5. The first-order chi connectivity index (χ1) is 9.36. The van der Waals surface area contributed by atoms with E-state index < -0.39 is 0 Å². The van der Waals surface area contributed by atoms with Gasteiger partial charge >= 0.3 is 7.12 Å². The third kappa shape index (κ3) is 3.36. The first-order valence-corrected chi connectivity index (χ1v) is 7.68. The van der Waals surface area contributed by atoms with E-state index in [1.807, 2.05) is 0 Å². The van der Waals surface area contributed by atoms with Gasteiger partial charge in [0.2, 0.25) is 0 Å². The van der Waals surface area contributed by atoms with Crippen molar-refractivity contribution in [1.82, 2.24) is 0 Å². The molecule has 20 heavy (non-hydrogen) atoms. The minimum Gasteiger partial charge on any atom is -0.399 e. The van der Waals surface area contributed by atoms with Crippen molar-refractivity contribution in [3.05, 3.63) is 23.2 Å². The van der Waals surface area contributed by atoms with Crippen LogP contribution in [0.15, 0.2) is 23.2 Å². The third-order valence-electron chi connectivity index (χ3n) is 4.41. The van der Waals surface area contributed by atoms with Gasteiger partial charge in [0.15, 0.2) is 0 Å². The van der Waals surface area contributed by atoms with Gasteiger partial charge in [0, 0.05) is 6.61 Å². The van der Waals surface area contributed by atoms with Crippen molar-refractivity contribution in [2.45, 2.75) is 65.1 Å². The molecule has 0 aromatic rings. The van der Waals surface area contributed by atoms with Gasteiger partial charge in [-0.1, -0.05) is 19.1 Å². The second kappa shape index (κ2) is 6.04. The molecule has 0 bridgehead atoms. The fourth-order valence-corrected chi connectivity index (χ4v) is 2.46. The molecule has 0 amide bonds. The summed E-state index contributed by atoms with van der Waals surface area (Å²) in [6, 6.07) is 0. The highest BCUT2D eigenvalue weighted by molar-refractivity contribution is 6.55. The molecular formula is C16H27BO3. The Hall–Kier alpha value is -0.575. The van der Waals surface area contributed by atoms with Crippen molar-refractivity contribution in [3.8, 4) is 0 Å². The van der Waals surface area contributed by atoms with Gasteiger partial charge in [-0.05, 0) is 58.0 Å². The SMILES string of the molecule is CC/C=C(\C=C1\CCCOC1)B1OC(C)(C)C(C)(C)O1. The van der Waals surface area contributed by atoms with E-state index in [1.54, 1.807) is 0 Å². The molecule has 0 radical (unpaired) electrons. The summed E-state index contributed by atoms with van der Waals surface area (Å²) in [5, 5.41) is 0. The van der Waals surface area contributed by atoms with E-state index in [0.717, 1.165) is 37.9 Å². The first-order valence-electron chi connectivity index (χ1n) is 7.68. The predicted molar refractivity (Wildman–Crippen MR) is 82.6 cm³/mol. The second-order valence-electron chi connectivity index (χ2n) is 6.66. The zero-order valence-corrected chi connectivity index (χ0v) is 13.5. The topological polar surface area (TPSA) is 27.7 Å². The summed E-state index contributed by atoms with van der Waals surface area (Å²) in [6.07, 6.45) is 7.60. The molecule has 0 unspecified atom stereocenters. The largest absolute Gasteiger partial charge is 0.494 e. The summed E-state index contributed by atoms with van der Waals surface area (Å²) in [5.74, 6) is 0. The van der Waals surface area contributed by atoms with E-state index in [4.69, 9.17) is 14.0 Å². The van der Waals surface area contributed by atoms with Gasteiger partial charge in [-0.15, -0.1) is 0 Å². The molecule has 2 fully saturated rings. The molecule has 0 N–H and O–H groups in total. The van der Waals surface area contributed by atoms with Crippen LogP contribution in [0.1, 0.15) is 53.9 Å². The van der Waals surface area contributed by atoms with Gasteiger partial charge in [-0.25, -0.2) is 0 Å². The van der Waals surface area contributed by atoms with Crippen molar-refractivity contribution in [2.24, 2.45) is 0 Å². The van der Waals surface area contributed by atoms with Gasteiger partial charge in [-0.3, -0.25) is 0 Å². The molecule has 2 aliphatic rings. The standard InChI is InChI=1S/C16H27BO3/c1-6-8-14(11-13-9-7-10-18-12-13)17-19-15(2,3)16(4,5)20-17/h8,11H,6-7,9-10,12H2,1-5H3/b13-11-,14-8+. The maximum atomic E-state index is 6.14. The highest BCUT2D eigenvalue weighted by atomic mass is 16.7. The minimum absolute atomic E-state index is 0.269. The third-order valence-corrected chi connectivity index (χ3v) is 4.41. The van der Waals surface area contributed by atoms with Crippen LogP contribution in [0.2, 0.25) is 0 Å². The summed E-state index contributed by atoms with van der Waals surface area (Å²) >= 11 is 0. The van der Waals surface area contributed by atoms with Crippen LogP contribution in [0.25, 0.3) is 0 Å². The van der Waals surface area contributed by atoms with E-state index in [2.05, 4.69) is 46.8 Å². The lowest BCUT2D eigenvalue weighted by atomic mass is 9.76. The monoisotopic (exact) mass is 278 g/mol. The quantitative estimate of drug-likeness (QED) is 0.737. The summed E-state index contributed by atoms with van der Waals surface area (Å²) < 4.78 is 17.8. The lowest BCUT2D eigenvalue weighted by Crippen LogP contribution is -2.41. The molecule has 2 rings (SSSR count). The zero-order chi connectivity index (χ0) is 14.8. The average molecular weight is 278 g/mol. The number of hydrogen-bond donors (Lipinski definition) is 0. The molecule has 2 aliphatic heterocycles. The molecule has 0 aromatic heterocycles. The Morgan fingerprint density at radius 2 is 1.85 bits per heavy atom. The Morgan fingerprint density at radius 3 is 2.35 bits per heavy atom. The van der Waals surface area contributed by atoms with Crippen LogP contribution in [0.4, 0.5) is 0 Å². The van der Waals surface area contributed by atoms with E-state index in [0.29, 0.717) is 0 Å². The van der Waals surface area contributed by atoms with Crippen LogP contribution in [0.5, 0.6) is 0 Å². The van der Waals surface area contributed by atoms with E-state index >= 15 is 0 Å². The number of ether oxygens (including phenoxy) is 1. The molecular weight excluding hydrogens is 251 g/mol. The van der Waals surface area contributed by atoms with Crippen LogP contribution in [-0.2, 0) is 14.0 Å². The molecule has 4 heteroatoms. The lowest BCUT2D eigenvalue weighted by Gasteiger charge is -2.32. The maximum absolute atomic E-state index is 6.14. The molecule has 0 aliphatic carbocycles. The highest BCUT2D eigenvalue weighted by Crippen LogP contribution is 2.39. The van der Waals surface area contributed by atoms with Crippen LogP contribution in [0, 0.1) is 0 Å². The van der Waals surface area contributed by atoms with Crippen molar-refractivity contribution < 1.29 is 14.0 Å². The Balaban J connectivity index is 2.17. The highest BCUT2D eigenvalue weighted by Gasteiger charge is 2.52. The van der Waals surface area contributed by atoms with Crippen molar-refractivity contribution in [1.29, 1.82) is 0 Å². The molecule has 0 spiro atoms. The molecule has 2 saturated heterocycles. The van der Waals surface area contributed by atoms with Crippen molar-refractivity contribution in [2.75, 3.05) is 13.2 Å². The van der Waals surface area contributed by atoms with Crippen LogP contribution in [-0.4, -0.2) is 31.5 Å². The number of allylic oxidation sites excluding steroid dienone is 3. The molecule has 0 saturated carbocycles. The first kappa shape index (κ1) is 15.8. The van der Waals surface area contributed by atoms with Gasteiger partial charge < -0.3 is 14.0 Å². The molecule has 0 aromatic carbocycles. The lowest BCUT2D eigenvalue weighted by molar-refractivity contribution is 0.00578. The van der Waals surface area contributed by atoms with E-state index in [-0.39, 0.29) is 18.3 Å². The predicted octanol–water partition coefficient (Wildman–Crippen LogP) is 3.69. The fraction of sp³-hybridized carbons (Fsp3) is 0.750. The maximum Gasteiger partial charge on any atom is 0.494 e. The smallest absolute Gasteiger partial charge is 0.399 e. The number of rotatable bonds is 3. The minimum atomic E-state index is -0.286. The van der Waals surface area contributed by atoms with Crippen molar-refractivity contribution in [3.63, 3.8) is 0 Å². The normalized spacial score (nSPS) is 28.1. The molecule has 2 heterocycles. The summed E-state index contributed by atoms with van der Waals surface area (Å²) in [4.78, 5) is 0. The van der Waals surface area contributed by atoms with E-state index in [9.17, 15) is 0 Å². The summed E-state index contributed by atoms with van der Waals surface area (Å²) in [6.45, 7) is 12.1. The Morgan fingerprint density at radius 1 is 1.20 bits per heavy atom. The van der Waals surface area contributed by atoms with Gasteiger partial charge in [0.05, 0.1) is 17.8 Å². The van der Waals surface area contributed by atoms with E-state index in [1.165, 1.54) is 5.57 Å². The van der Waals surface area contributed by atoms with Gasteiger partial charge in [-0.2, -0.15) is 0 Å². The number of hydrogen-bond acceptors (Lipinski definition) is 3. The van der Waals surface area contributed by atoms with Crippen molar-refractivity contribution >= 4 is 7.12 Å².